The van der Waals surface area contributed by atoms with E-state index in [-0.39, 0.29) is 0 Å². The van der Waals surface area contributed by atoms with Crippen LogP contribution in [0.25, 0.3) is 11.3 Å². The van der Waals surface area contributed by atoms with Crippen LogP contribution in [0.1, 0.15) is 11.1 Å². The third-order valence-electron chi connectivity index (χ3n) is 4.11. The Morgan fingerprint density at radius 2 is 1.69 bits per heavy atom. The van der Waals surface area contributed by atoms with E-state index >= 15 is 0 Å². The summed E-state index contributed by atoms with van der Waals surface area (Å²) in [6, 6.07) is 20.4. The molecular weight excluding hydrogens is 324 g/mol. The van der Waals surface area contributed by atoms with Gasteiger partial charge in [-0.25, -0.2) is 4.98 Å². The van der Waals surface area contributed by atoms with E-state index in [2.05, 4.69) is 51.8 Å². The molecule has 26 heavy (non-hydrogen) atoms. The molecule has 0 aliphatic rings. The Morgan fingerprint density at radius 3 is 2.46 bits per heavy atom. The van der Waals surface area contributed by atoms with Crippen molar-refractivity contribution in [3.05, 3.63) is 71.8 Å². The Labute approximate surface area is 154 Å². The van der Waals surface area contributed by atoms with Crippen LogP contribution >= 0.6 is 0 Å². The molecule has 5 nitrogen and oxygen atoms in total. The number of hydrogen-bond acceptors (Lipinski definition) is 5. The van der Waals surface area contributed by atoms with Crippen LogP contribution in [0.4, 0.5) is 11.8 Å². The number of methoxy groups -OCH3 is 1. The van der Waals surface area contributed by atoms with E-state index in [1.165, 1.54) is 11.1 Å². The van der Waals surface area contributed by atoms with Gasteiger partial charge in [0, 0.05) is 31.8 Å². The third kappa shape index (κ3) is 4.80. The fraction of sp³-hybridized carbons (Fsp3) is 0.238. The van der Waals surface area contributed by atoms with Crippen LogP contribution in [0.15, 0.2) is 60.7 Å². The molecule has 0 aliphatic carbocycles. The molecule has 0 radical (unpaired) electrons. The number of rotatable bonds is 8. The lowest BCUT2D eigenvalue weighted by Gasteiger charge is -2.12. The average Bonchev–Trinajstić information content (AvgIpc) is 2.68. The van der Waals surface area contributed by atoms with Gasteiger partial charge in [0.25, 0.3) is 0 Å². The molecule has 3 aromatic rings. The first-order chi connectivity index (χ1) is 12.8. The second kappa shape index (κ2) is 8.97. The third-order valence-corrected chi connectivity index (χ3v) is 4.11. The van der Waals surface area contributed by atoms with Gasteiger partial charge in [-0.05, 0) is 18.1 Å². The minimum Gasteiger partial charge on any atom is -0.383 e. The summed E-state index contributed by atoms with van der Waals surface area (Å²) in [5.74, 6) is 1.39. The quantitative estimate of drug-likeness (QED) is 0.600. The predicted octanol–water partition coefficient (Wildman–Crippen LogP) is 4.12. The maximum atomic E-state index is 5.09. The standard InChI is InChI=1S/C21H24N4O/c1-16-8-6-7-11-18(16)15-23-20-14-19(17-9-4-3-5-10-17)24-21(25-20)22-12-13-26-2/h3-11,14H,12-13,15H2,1-2H3,(H2,22,23,24,25). The predicted molar refractivity (Wildman–Crippen MR) is 106 cm³/mol. The van der Waals surface area contributed by atoms with Gasteiger partial charge in [0.1, 0.15) is 5.82 Å². The Morgan fingerprint density at radius 1 is 0.923 bits per heavy atom. The summed E-state index contributed by atoms with van der Waals surface area (Å²) in [5, 5.41) is 6.64. The summed E-state index contributed by atoms with van der Waals surface area (Å²) in [4.78, 5) is 9.22. The van der Waals surface area contributed by atoms with Crippen LogP contribution in [-0.2, 0) is 11.3 Å². The molecule has 0 saturated heterocycles. The number of nitrogens with one attached hydrogen (secondary N) is 2. The highest BCUT2D eigenvalue weighted by atomic mass is 16.5. The van der Waals surface area contributed by atoms with E-state index in [1.807, 2.05) is 36.4 Å². The highest BCUT2D eigenvalue weighted by molar-refractivity contribution is 5.64. The Hall–Kier alpha value is -2.92. The lowest BCUT2D eigenvalue weighted by atomic mass is 10.1. The summed E-state index contributed by atoms with van der Waals surface area (Å²) >= 11 is 0. The first-order valence-corrected chi connectivity index (χ1v) is 8.72. The number of aromatic nitrogens is 2. The highest BCUT2D eigenvalue weighted by Crippen LogP contribution is 2.22. The zero-order valence-electron chi connectivity index (χ0n) is 15.2. The molecule has 5 heteroatoms. The van der Waals surface area contributed by atoms with Gasteiger partial charge in [-0.1, -0.05) is 54.6 Å². The molecule has 3 rings (SSSR count). The fourth-order valence-corrected chi connectivity index (χ4v) is 2.63. The first kappa shape index (κ1) is 17.9. The van der Waals surface area contributed by atoms with E-state index in [0.29, 0.717) is 19.1 Å². The molecule has 2 N–H and O–H groups in total. The molecule has 1 aromatic heterocycles. The van der Waals surface area contributed by atoms with E-state index < -0.39 is 0 Å². The number of benzene rings is 2. The number of nitrogens with zero attached hydrogens (tertiary/aromatic N) is 2. The van der Waals surface area contributed by atoms with Crippen LogP contribution in [0.5, 0.6) is 0 Å². The highest BCUT2D eigenvalue weighted by Gasteiger charge is 2.07. The second-order valence-corrected chi connectivity index (χ2v) is 6.03. The summed E-state index contributed by atoms with van der Waals surface area (Å²) < 4.78 is 5.09. The normalized spacial score (nSPS) is 10.5. The Balaban J connectivity index is 1.83. The largest absolute Gasteiger partial charge is 0.383 e. The van der Waals surface area contributed by atoms with E-state index in [4.69, 9.17) is 4.74 Å². The van der Waals surface area contributed by atoms with Gasteiger partial charge >= 0.3 is 0 Å². The Kier molecular flexibility index (Phi) is 6.17. The van der Waals surface area contributed by atoms with Gasteiger partial charge in [-0.3, -0.25) is 0 Å². The van der Waals surface area contributed by atoms with Crippen molar-refractivity contribution < 1.29 is 4.74 Å². The molecule has 0 saturated carbocycles. The summed E-state index contributed by atoms with van der Waals surface area (Å²) in [6.07, 6.45) is 0. The number of aryl methyl sites for hydroxylation is 1. The molecule has 134 valence electrons. The minimum absolute atomic E-state index is 0.593. The summed E-state index contributed by atoms with van der Waals surface area (Å²) in [7, 11) is 1.68. The molecule has 1 heterocycles. The number of anilines is 2. The van der Waals surface area contributed by atoms with Crippen molar-refractivity contribution in [1.29, 1.82) is 0 Å². The monoisotopic (exact) mass is 348 g/mol. The zero-order valence-corrected chi connectivity index (χ0v) is 15.2. The molecule has 0 spiro atoms. The van der Waals surface area contributed by atoms with Crippen molar-refractivity contribution in [2.75, 3.05) is 30.9 Å². The smallest absolute Gasteiger partial charge is 0.225 e. The van der Waals surface area contributed by atoms with Crippen molar-refractivity contribution in [1.82, 2.24) is 9.97 Å². The molecule has 0 amide bonds. The van der Waals surface area contributed by atoms with Crippen LogP contribution < -0.4 is 10.6 Å². The van der Waals surface area contributed by atoms with Crippen LogP contribution in [0, 0.1) is 6.92 Å². The van der Waals surface area contributed by atoms with Crippen LogP contribution in [0.3, 0.4) is 0 Å². The van der Waals surface area contributed by atoms with Crippen molar-refractivity contribution in [2.45, 2.75) is 13.5 Å². The second-order valence-electron chi connectivity index (χ2n) is 6.03. The molecular formula is C21H24N4O. The van der Waals surface area contributed by atoms with Crippen molar-refractivity contribution >= 4 is 11.8 Å². The van der Waals surface area contributed by atoms with E-state index in [0.717, 1.165) is 23.6 Å². The molecule has 0 unspecified atom stereocenters. The van der Waals surface area contributed by atoms with Gasteiger partial charge in [0.05, 0.1) is 12.3 Å². The van der Waals surface area contributed by atoms with Crippen LogP contribution in [-0.4, -0.2) is 30.2 Å². The van der Waals surface area contributed by atoms with Gasteiger partial charge in [-0.2, -0.15) is 4.98 Å². The lowest BCUT2D eigenvalue weighted by molar-refractivity contribution is 0.210. The van der Waals surface area contributed by atoms with Gasteiger partial charge < -0.3 is 15.4 Å². The maximum absolute atomic E-state index is 5.09. The fourth-order valence-electron chi connectivity index (χ4n) is 2.63. The van der Waals surface area contributed by atoms with Gasteiger partial charge in [-0.15, -0.1) is 0 Å². The zero-order chi connectivity index (χ0) is 18.2. The van der Waals surface area contributed by atoms with Crippen molar-refractivity contribution in [3.63, 3.8) is 0 Å². The topological polar surface area (TPSA) is 59.1 Å². The number of hydrogen-bond donors (Lipinski definition) is 2. The molecule has 0 aliphatic heterocycles. The molecule has 0 fully saturated rings. The molecule has 0 atom stereocenters. The van der Waals surface area contributed by atoms with Crippen molar-refractivity contribution in [3.8, 4) is 11.3 Å². The maximum Gasteiger partial charge on any atom is 0.225 e. The summed E-state index contributed by atoms with van der Waals surface area (Å²) in [5.41, 5.74) is 4.45. The molecule has 2 aromatic carbocycles. The van der Waals surface area contributed by atoms with Crippen molar-refractivity contribution in [2.24, 2.45) is 0 Å². The first-order valence-electron chi connectivity index (χ1n) is 8.72. The van der Waals surface area contributed by atoms with E-state index in [9.17, 15) is 0 Å². The SMILES string of the molecule is COCCNc1nc(NCc2ccccc2C)cc(-c2ccccc2)n1. The average molecular weight is 348 g/mol. The van der Waals surface area contributed by atoms with Crippen LogP contribution in [0.2, 0.25) is 0 Å². The minimum atomic E-state index is 0.593. The molecule has 0 bridgehead atoms. The van der Waals surface area contributed by atoms with E-state index in [1.54, 1.807) is 7.11 Å². The van der Waals surface area contributed by atoms with Gasteiger partial charge in [0.2, 0.25) is 5.95 Å². The Bertz CT molecular complexity index is 836. The number of ether oxygens (including phenoxy) is 1. The lowest BCUT2D eigenvalue weighted by Crippen LogP contribution is -2.12. The van der Waals surface area contributed by atoms with Gasteiger partial charge in [0.15, 0.2) is 0 Å². The summed E-state index contributed by atoms with van der Waals surface area (Å²) in [6.45, 7) is 4.09.